The SMILES string of the molecule is O=Cc1cc(Cl)ccc1OC(=O)c1ccc([N+](=O)[O-])cc1Cl. The van der Waals surface area contributed by atoms with Gasteiger partial charge in [0, 0.05) is 17.2 Å². The van der Waals surface area contributed by atoms with Crippen LogP contribution in [-0.2, 0) is 0 Å². The summed E-state index contributed by atoms with van der Waals surface area (Å²) in [6.07, 6.45) is 0.492. The summed E-state index contributed by atoms with van der Waals surface area (Å²) >= 11 is 11.6. The van der Waals surface area contributed by atoms with E-state index in [0.29, 0.717) is 11.3 Å². The van der Waals surface area contributed by atoms with E-state index < -0.39 is 10.9 Å². The van der Waals surface area contributed by atoms with Crippen LogP contribution in [0, 0.1) is 10.1 Å². The monoisotopic (exact) mass is 339 g/mol. The lowest BCUT2D eigenvalue weighted by molar-refractivity contribution is -0.384. The number of esters is 1. The van der Waals surface area contributed by atoms with Gasteiger partial charge in [-0.05, 0) is 24.3 Å². The molecule has 0 aliphatic rings. The summed E-state index contributed by atoms with van der Waals surface area (Å²) in [4.78, 5) is 33.0. The Hall–Kier alpha value is -2.44. The van der Waals surface area contributed by atoms with Crippen molar-refractivity contribution in [2.24, 2.45) is 0 Å². The predicted molar refractivity (Wildman–Crippen MR) is 79.9 cm³/mol. The number of rotatable bonds is 4. The molecule has 0 amide bonds. The molecule has 0 radical (unpaired) electrons. The Balaban J connectivity index is 2.30. The van der Waals surface area contributed by atoms with E-state index >= 15 is 0 Å². The molecule has 2 aromatic rings. The van der Waals surface area contributed by atoms with Crippen molar-refractivity contribution < 1.29 is 19.2 Å². The van der Waals surface area contributed by atoms with Gasteiger partial charge in [0.05, 0.1) is 21.1 Å². The van der Waals surface area contributed by atoms with Crippen LogP contribution in [0.15, 0.2) is 36.4 Å². The summed E-state index contributed by atoms with van der Waals surface area (Å²) in [6.45, 7) is 0. The first kappa shape index (κ1) is 15.9. The molecule has 0 saturated heterocycles. The van der Waals surface area contributed by atoms with Crippen LogP contribution in [0.3, 0.4) is 0 Å². The van der Waals surface area contributed by atoms with Crippen molar-refractivity contribution in [1.82, 2.24) is 0 Å². The van der Waals surface area contributed by atoms with Gasteiger partial charge in [0.15, 0.2) is 6.29 Å². The van der Waals surface area contributed by atoms with E-state index in [1.165, 1.54) is 24.3 Å². The van der Waals surface area contributed by atoms with Crippen molar-refractivity contribution in [1.29, 1.82) is 0 Å². The van der Waals surface area contributed by atoms with Gasteiger partial charge >= 0.3 is 5.97 Å². The molecule has 0 unspecified atom stereocenters. The second-order valence-electron chi connectivity index (χ2n) is 4.11. The fourth-order valence-corrected chi connectivity index (χ4v) is 2.07. The van der Waals surface area contributed by atoms with Gasteiger partial charge in [0.2, 0.25) is 0 Å². The average molecular weight is 340 g/mol. The van der Waals surface area contributed by atoms with Crippen molar-refractivity contribution in [3.05, 3.63) is 67.7 Å². The molecule has 112 valence electrons. The lowest BCUT2D eigenvalue weighted by Crippen LogP contribution is -2.10. The fraction of sp³-hybridized carbons (Fsp3) is 0. The van der Waals surface area contributed by atoms with Gasteiger partial charge in [-0.15, -0.1) is 0 Å². The van der Waals surface area contributed by atoms with Gasteiger partial charge in [-0.2, -0.15) is 0 Å². The number of nitrogens with zero attached hydrogens (tertiary/aromatic N) is 1. The summed E-state index contributed by atoms with van der Waals surface area (Å²) in [5.74, 6) is -0.830. The summed E-state index contributed by atoms with van der Waals surface area (Å²) in [7, 11) is 0. The Morgan fingerprint density at radius 3 is 2.50 bits per heavy atom. The third-order valence-corrected chi connectivity index (χ3v) is 3.23. The predicted octanol–water partition coefficient (Wildman–Crippen LogP) is 3.93. The number of hydrogen-bond donors (Lipinski definition) is 0. The van der Waals surface area contributed by atoms with Gasteiger partial charge in [0.25, 0.3) is 5.69 Å². The van der Waals surface area contributed by atoms with Gasteiger partial charge in [-0.3, -0.25) is 14.9 Å². The van der Waals surface area contributed by atoms with Crippen molar-refractivity contribution in [2.45, 2.75) is 0 Å². The molecule has 0 fully saturated rings. The van der Waals surface area contributed by atoms with E-state index in [9.17, 15) is 19.7 Å². The van der Waals surface area contributed by atoms with Crippen molar-refractivity contribution in [3.8, 4) is 5.75 Å². The molecule has 0 aromatic heterocycles. The number of hydrogen-bond acceptors (Lipinski definition) is 5. The normalized spacial score (nSPS) is 10.1. The number of carbonyl (C=O) groups is 2. The van der Waals surface area contributed by atoms with Crippen LogP contribution in [0.1, 0.15) is 20.7 Å². The van der Waals surface area contributed by atoms with Crippen molar-refractivity contribution >= 4 is 41.1 Å². The number of nitro benzene ring substituents is 1. The van der Waals surface area contributed by atoms with E-state index in [2.05, 4.69) is 0 Å². The van der Waals surface area contributed by atoms with E-state index in [1.54, 1.807) is 0 Å². The molecule has 6 nitrogen and oxygen atoms in total. The van der Waals surface area contributed by atoms with Crippen LogP contribution in [0.5, 0.6) is 5.75 Å². The molecule has 0 aliphatic carbocycles. The lowest BCUT2D eigenvalue weighted by atomic mass is 10.2. The molecular formula is C14H7Cl2NO5. The largest absolute Gasteiger partial charge is 0.422 e. The first-order valence-corrected chi connectivity index (χ1v) is 6.59. The van der Waals surface area contributed by atoms with Crippen molar-refractivity contribution in [2.75, 3.05) is 0 Å². The molecule has 2 aromatic carbocycles. The summed E-state index contributed by atoms with van der Waals surface area (Å²) < 4.78 is 5.08. The van der Waals surface area contributed by atoms with E-state index in [-0.39, 0.29) is 27.6 Å². The number of carbonyl (C=O) groups excluding carboxylic acids is 2. The summed E-state index contributed by atoms with van der Waals surface area (Å²) in [5, 5.41) is 10.8. The van der Waals surface area contributed by atoms with E-state index in [0.717, 1.165) is 12.1 Å². The zero-order valence-corrected chi connectivity index (χ0v) is 12.3. The second-order valence-corrected chi connectivity index (χ2v) is 4.95. The van der Waals surface area contributed by atoms with Crippen LogP contribution < -0.4 is 4.74 Å². The first-order valence-electron chi connectivity index (χ1n) is 5.83. The second kappa shape index (κ2) is 6.55. The molecule has 0 N–H and O–H groups in total. The van der Waals surface area contributed by atoms with Gasteiger partial charge in [0.1, 0.15) is 5.75 Å². The average Bonchev–Trinajstić information content (AvgIpc) is 2.48. The minimum absolute atomic E-state index is 0.0128. The molecule has 0 bridgehead atoms. The Labute approximate surface area is 134 Å². The highest BCUT2D eigenvalue weighted by Gasteiger charge is 2.18. The van der Waals surface area contributed by atoms with Gasteiger partial charge < -0.3 is 4.74 Å². The van der Waals surface area contributed by atoms with Crippen LogP contribution in [-0.4, -0.2) is 17.2 Å². The van der Waals surface area contributed by atoms with Crippen LogP contribution >= 0.6 is 23.2 Å². The molecule has 0 aliphatic heterocycles. The van der Waals surface area contributed by atoms with E-state index in [4.69, 9.17) is 27.9 Å². The number of ether oxygens (including phenoxy) is 1. The Bertz CT molecular complexity index is 776. The van der Waals surface area contributed by atoms with Gasteiger partial charge in [-0.25, -0.2) is 4.79 Å². The quantitative estimate of drug-likeness (QED) is 0.277. The van der Waals surface area contributed by atoms with Gasteiger partial charge in [-0.1, -0.05) is 23.2 Å². The van der Waals surface area contributed by atoms with Crippen LogP contribution in [0.25, 0.3) is 0 Å². The van der Waals surface area contributed by atoms with E-state index in [1.807, 2.05) is 0 Å². The smallest absolute Gasteiger partial charge is 0.345 e. The first-order chi connectivity index (χ1) is 10.4. The highest BCUT2D eigenvalue weighted by Crippen LogP contribution is 2.26. The molecule has 0 heterocycles. The molecule has 2 rings (SSSR count). The molecule has 0 spiro atoms. The van der Waals surface area contributed by atoms with Crippen molar-refractivity contribution in [3.63, 3.8) is 0 Å². The summed E-state index contributed by atoms with van der Waals surface area (Å²) in [5.41, 5.74) is -0.209. The zero-order chi connectivity index (χ0) is 16.3. The highest BCUT2D eigenvalue weighted by molar-refractivity contribution is 6.34. The molecule has 0 saturated carbocycles. The van der Waals surface area contributed by atoms with Crippen LogP contribution in [0.4, 0.5) is 5.69 Å². The maximum Gasteiger partial charge on any atom is 0.345 e. The Kier molecular flexibility index (Phi) is 4.75. The minimum Gasteiger partial charge on any atom is -0.422 e. The zero-order valence-electron chi connectivity index (χ0n) is 10.8. The summed E-state index contributed by atoms with van der Waals surface area (Å²) in [6, 6.07) is 7.51. The maximum atomic E-state index is 12.0. The highest BCUT2D eigenvalue weighted by atomic mass is 35.5. The molecule has 8 heteroatoms. The number of aldehydes is 1. The molecule has 0 atom stereocenters. The maximum absolute atomic E-state index is 12.0. The number of benzene rings is 2. The fourth-order valence-electron chi connectivity index (χ4n) is 1.64. The minimum atomic E-state index is -0.842. The topological polar surface area (TPSA) is 86.5 Å². The Morgan fingerprint density at radius 2 is 1.91 bits per heavy atom. The number of halogens is 2. The lowest BCUT2D eigenvalue weighted by Gasteiger charge is -2.08. The molecular weight excluding hydrogens is 333 g/mol. The number of nitro groups is 1. The standard InChI is InChI=1S/C14H7Cl2NO5/c15-9-1-4-13(8(5-9)7-18)22-14(19)11-3-2-10(17(20)21)6-12(11)16/h1-7H. The number of non-ortho nitro benzene ring substituents is 1. The van der Waals surface area contributed by atoms with Crippen LogP contribution in [0.2, 0.25) is 10.0 Å². The third-order valence-electron chi connectivity index (χ3n) is 2.68. The third kappa shape index (κ3) is 3.41. The Morgan fingerprint density at radius 1 is 1.18 bits per heavy atom. The molecule has 22 heavy (non-hydrogen) atoms.